The van der Waals surface area contributed by atoms with Crippen LogP contribution in [0.3, 0.4) is 0 Å². The molecule has 1 atom stereocenters. The van der Waals surface area contributed by atoms with Gasteiger partial charge in [0, 0.05) is 0 Å². The average molecular weight is 181 g/mol. The first-order valence-electron chi connectivity index (χ1n) is 3.27. The quantitative estimate of drug-likeness (QED) is 0.515. The maximum Gasteiger partial charge on any atom is 0.395 e. The zero-order chi connectivity index (χ0) is 8.97. The molecular formula is C8H7NO2S. The van der Waals surface area contributed by atoms with E-state index < -0.39 is 12.0 Å². The molecule has 12 heavy (non-hydrogen) atoms. The largest absolute Gasteiger partial charge is 0.463 e. The molecule has 4 heteroatoms. The summed E-state index contributed by atoms with van der Waals surface area (Å²) in [5.74, 6) is -0.493. The van der Waals surface area contributed by atoms with E-state index in [4.69, 9.17) is 6.57 Å². The fourth-order valence-electron chi connectivity index (χ4n) is 0.791. The Hall–Kier alpha value is -1.34. The second-order valence-corrected chi connectivity index (χ2v) is 3.05. The van der Waals surface area contributed by atoms with Crippen LogP contribution in [-0.2, 0) is 9.53 Å². The van der Waals surface area contributed by atoms with Crippen LogP contribution in [0.5, 0.6) is 0 Å². The van der Waals surface area contributed by atoms with E-state index in [2.05, 4.69) is 9.58 Å². The number of ether oxygens (including phenoxy) is 1. The molecule has 0 saturated carbocycles. The SMILES string of the molecule is [C-]#[N+]C(C(=O)OC)c1cccs1. The fraction of sp³-hybridized carbons (Fsp3) is 0.250. The number of hydrogen-bond donors (Lipinski definition) is 0. The van der Waals surface area contributed by atoms with Crippen molar-refractivity contribution < 1.29 is 9.53 Å². The molecule has 62 valence electrons. The molecule has 0 bridgehead atoms. The molecule has 0 fully saturated rings. The van der Waals surface area contributed by atoms with Gasteiger partial charge in [-0.3, -0.25) is 4.85 Å². The van der Waals surface area contributed by atoms with Crippen molar-refractivity contribution in [2.45, 2.75) is 6.04 Å². The van der Waals surface area contributed by atoms with E-state index in [0.717, 1.165) is 4.88 Å². The van der Waals surface area contributed by atoms with E-state index in [1.807, 2.05) is 5.38 Å². The van der Waals surface area contributed by atoms with Crippen molar-refractivity contribution in [1.82, 2.24) is 0 Å². The molecule has 0 spiro atoms. The van der Waals surface area contributed by atoms with Crippen LogP contribution >= 0.6 is 11.3 Å². The van der Waals surface area contributed by atoms with Crippen molar-refractivity contribution in [3.8, 4) is 0 Å². The number of carbonyl (C=O) groups excluding carboxylic acids is 1. The molecule has 3 nitrogen and oxygen atoms in total. The maximum absolute atomic E-state index is 11.0. The standard InChI is InChI=1S/C8H7NO2S/c1-9-7(8(10)11-2)6-4-3-5-12-6/h3-5,7H,2H3. The van der Waals surface area contributed by atoms with E-state index in [1.165, 1.54) is 18.4 Å². The molecule has 0 aromatic carbocycles. The number of rotatable bonds is 2. The minimum absolute atomic E-state index is 0.493. The number of hydrogen-bond acceptors (Lipinski definition) is 3. The predicted molar refractivity (Wildman–Crippen MR) is 45.7 cm³/mol. The van der Waals surface area contributed by atoms with Gasteiger partial charge in [0.1, 0.15) is 0 Å². The van der Waals surface area contributed by atoms with Gasteiger partial charge < -0.3 is 4.74 Å². The van der Waals surface area contributed by atoms with Gasteiger partial charge in [0.2, 0.25) is 0 Å². The van der Waals surface area contributed by atoms with Crippen LogP contribution in [0.4, 0.5) is 0 Å². The van der Waals surface area contributed by atoms with E-state index in [-0.39, 0.29) is 0 Å². The first-order valence-corrected chi connectivity index (χ1v) is 4.15. The summed E-state index contributed by atoms with van der Waals surface area (Å²) < 4.78 is 4.48. The Kier molecular flexibility index (Phi) is 2.83. The topological polar surface area (TPSA) is 30.7 Å². The number of carbonyl (C=O) groups is 1. The molecule has 0 amide bonds. The van der Waals surface area contributed by atoms with Crippen molar-refractivity contribution in [1.29, 1.82) is 0 Å². The molecule has 0 N–H and O–H groups in total. The van der Waals surface area contributed by atoms with Crippen molar-refractivity contribution in [3.63, 3.8) is 0 Å². The van der Waals surface area contributed by atoms with Gasteiger partial charge in [0.05, 0.1) is 12.0 Å². The lowest BCUT2D eigenvalue weighted by Crippen LogP contribution is -2.09. The Morgan fingerprint density at radius 1 is 1.83 bits per heavy atom. The highest BCUT2D eigenvalue weighted by molar-refractivity contribution is 7.10. The van der Waals surface area contributed by atoms with Gasteiger partial charge >= 0.3 is 12.0 Å². The Morgan fingerprint density at radius 2 is 2.58 bits per heavy atom. The second kappa shape index (κ2) is 3.88. The number of esters is 1. The van der Waals surface area contributed by atoms with E-state index in [1.54, 1.807) is 12.1 Å². The summed E-state index contributed by atoms with van der Waals surface area (Å²) in [5.41, 5.74) is 0. The molecule has 0 aliphatic heterocycles. The lowest BCUT2D eigenvalue weighted by atomic mass is 10.2. The molecule has 0 aliphatic rings. The van der Waals surface area contributed by atoms with Crippen LogP contribution in [-0.4, -0.2) is 13.1 Å². The van der Waals surface area contributed by atoms with Crippen molar-refractivity contribution >= 4 is 17.3 Å². The summed E-state index contributed by atoms with van der Waals surface area (Å²) in [6, 6.07) is 2.78. The van der Waals surface area contributed by atoms with Crippen LogP contribution in [0.15, 0.2) is 17.5 Å². The van der Waals surface area contributed by atoms with E-state index in [0.29, 0.717) is 0 Å². The highest BCUT2D eigenvalue weighted by Gasteiger charge is 2.27. The third-order valence-corrected chi connectivity index (χ3v) is 2.29. The third kappa shape index (κ3) is 1.63. The first kappa shape index (κ1) is 8.75. The smallest absolute Gasteiger partial charge is 0.395 e. The lowest BCUT2D eigenvalue weighted by Gasteiger charge is -1.98. The van der Waals surface area contributed by atoms with Gasteiger partial charge in [0.15, 0.2) is 0 Å². The molecule has 1 unspecified atom stereocenters. The Morgan fingerprint density at radius 3 is 3.00 bits per heavy atom. The molecule has 0 radical (unpaired) electrons. The van der Waals surface area contributed by atoms with Crippen LogP contribution in [0.1, 0.15) is 10.9 Å². The summed E-state index contributed by atoms with van der Waals surface area (Å²) in [7, 11) is 1.29. The summed E-state index contributed by atoms with van der Waals surface area (Å²) in [5, 5.41) is 1.83. The number of thiophene rings is 1. The minimum Gasteiger partial charge on any atom is -0.463 e. The molecule has 1 rings (SSSR count). The van der Waals surface area contributed by atoms with Crippen molar-refractivity contribution in [3.05, 3.63) is 33.8 Å². The van der Waals surface area contributed by atoms with E-state index in [9.17, 15) is 4.79 Å². The molecule has 1 aromatic rings. The van der Waals surface area contributed by atoms with Crippen LogP contribution < -0.4 is 0 Å². The summed E-state index contributed by atoms with van der Waals surface area (Å²) >= 11 is 1.38. The molecule has 0 aliphatic carbocycles. The fourth-order valence-corrected chi connectivity index (χ4v) is 1.54. The Balaban J connectivity index is 2.86. The maximum atomic E-state index is 11.0. The molecular weight excluding hydrogens is 174 g/mol. The predicted octanol–water partition coefficient (Wildman–Crippen LogP) is 1.88. The van der Waals surface area contributed by atoms with Gasteiger partial charge in [-0.15, -0.1) is 11.3 Å². The normalized spacial score (nSPS) is 11.7. The lowest BCUT2D eigenvalue weighted by molar-refractivity contribution is -0.141. The van der Waals surface area contributed by atoms with Crippen LogP contribution in [0.25, 0.3) is 4.85 Å². The van der Waals surface area contributed by atoms with Crippen molar-refractivity contribution in [2.75, 3.05) is 7.11 Å². The first-order chi connectivity index (χ1) is 5.79. The number of nitrogens with zero attached hydrogens (tertiary/aromatic N) is 1. The van der Waals surface area contributed by atoms with Gasteiger partial charge in [-0.25, -0.2) is 11.4 Å². The van der Waals surface area contributed by atoms with Gasteiger partial charge in [-0.05, 0) is 11.4 Å². The van der Waals surface area contributed by atoms with Crippen molar-refractivity contribution in [2.24, 2.45) is 0 Å². The Bertz CT molecular complexity index is 299. The molecule has 1 heterocycles. The van der Waals surface area contributed by atoms with E-state index >= 15 is 0 Å². The minimum atomic E-state index is -0.782. The monoisotopic (exact) mass is 181 g/mol. The van der Waals surface area contributed by atoms with Gasteiger partial charge in [-0.2, -0.15) is 0 Å². The van der Waals surface area contributed by atoms with Gasteiger partial charge in [-0.1, -0.05) is 6.07 Å². The highest BCUT2D eigenvalue weighted by atomic mass is 32.1. The zero-order valence-corrected chi connectivity index (χ0v) is 7.30. The van der Waals surface area contributed by atoms with Crippen LogP contribution in [0.2, 0.25) is 0 Å². The number of methoxy groups -OCH3 is 1. The summed E-state index contributed by atoms with van der Waals surface area (Å²) in [6.45, 7) is 6.80. The second-order valence-electron chi connectivity index (χ2n) is 2.07. The molecule has 1 aromatic heterocycles. The average Bonchev–Trinajstić information content (AvgIpc) is 2.58. The Labute approximate surface area is 74.4 Å². The summed E-state index contributed by atoms with van der Waals surface area (Å²) in [4.78, 5) is 14.9. The highest BCUT2D eigenvalue weighted by Crippen LogP contribution is 2.23. The van der Waals surface area contributed by atoms with Crippen LogP contribution in [0, 0.1) is 6.57 Å². The van der Waals surface area contributed by atoms with Gasteiger partial charge in [0.25, 0.3) is 0 Å². The third-order valence-electron chi connectivity index (χ3n) is 1.37. The molecule has 0 saturated heterocycles. The summed E-state index contributed by atoms with van der Waals surface area (Å²) in [6.07, 6.45) is 0. The zero-order valence-electron chi connectivity index (χ0n) is 6.48.